The highest BCUT2D eigenvalue weighted by atomic mass is 16.2. The number of aryl methyl sites for hydroxylation is 1. The number of urea groups is 1. The molecule has 0 saturated carbocycles. The third kappa shape index (κ3) is 4.89. The van der Waals surface area contributed by atoms with E-state index in [1.807, 2.05) is 49.4 Å². The van der Waals surface area contributed by atoms with Gasteiger partial charge in [0.1, 0.15) is 0 Å². The van der Waals surface area contributed by atoms with Gasteiger partial charge in [-0.25, -0.2) is 4.79 Å². The van der Waals surface area contributed by atoms with Crippen LogP contribution < -0.4 is 10.6 Å². The number of hydrogen-bond donors (Lipinski definition) is 2. The average molecular weight is 361 g/mol. The standard InChI is InChI=1S/C22H23N3O2/c1-3-17-8-5-11-20(14-17)23-21(26)18-9-6-12-25(15-18)22(27)24-19-10-4-7-16(2)13-19/h1,4-5,7-8,10-11,13-14,18H,6,9,12,15H2,2H3,(H,23,26)(H,24,27). The summed E-state index contributed by atoms with van der Waals surface area (Å²) in [6, 6.07) is 14.7. The first-order valence-electron chi connectivity index (χ1n) is 9.05. The Labute approximate surface area is 159 Å². The Balaban J connectivity index is 1.60. The van der Waals surface area contributed by atoms with E-state index in [0.29, 0.717) is 18.8 Å². The van der Waals surface area contributed by atoms with Crippen LogP contribution in [-0.2, 0) is 4.79 Å². The van der Waals surface area contributed by atoms with Crippen LogP contribution in [-0.4, -0.2) is 29.9 Å². The van der Waals surface area contributed by atoms with Crippen LogP contribution in [0.2, 0.25) is 0 Å². The zero-order valence-electron chi connectivity index (χ0n) is 15.4. The van der Waals surface area contributed by atoms with Gasteiger partial charge in [-0.05, 0) is 55.7 Å². The minimum absolute atomic E-state index is 0.0859. The fourth-order valence-electron chi connectivity index (χ4n) is 3.23. The molecule has 1 unspecified atom stereocenters. The zero-order chi connectivity index (χ0) is 19.2. The topological polar surface area (TPSA) is 61.4 Å². The van der Waals surface area contributed by atoms with Gasteiger partial charge < -0.3 is 15.5 Å². The molecule has 0 aliphatic carbocycles. The highest BCUT2D eigenvalue weighted by molar-refractivity contribution is 5.94. The molecule has 0 aromatic heterocycles. The number of piperidine rings is 1. The Kier molecular flexibility index (Phi) is 5.77. The summed E-state index contributed by atoms with van der Waals surface area (Å²) >= 11 is 0. The maximum absolute atomic E-state index is 12.6. The molecule has 3 amide bonds. The first-order valence-corrected chi connectivity index (χ1v) is 9.05. The van der Waals surface area contributed by atoms with E-state index in [4.69, 9.17) is 6.42 Å². The van der Waals surface area contributed by atoms with E-state index in [2.05, 4.69) is 16.6 Å². The summed E-state index contributed by atoms with van der Waals surface area (Å²) in [7, 11) is 0. The highest BCUT2D eigenvalue weighted by Crippen LogP contribution is 2.20. The molecule has 0 spiro atoms. The molecule has 1 aliphatic heterocycles. The molecule has 0 radical (unpaired) electrons. The Morgan fingerprint density at radius 3 is 2.59 bits per heavy atom. The van der Waals surface area contributed by atoms with Crippen molar-refractivity contribution >= 4 is 23.3 Å². The van der Waals surface area contributed by atoms with Gasteiger partial charge in [0.25, 0.3) is 0 Å². The minimum Gasteiger partial charge on any atom is -0.326 e. The summed E-state index contributed by atoms with van der Waals surface area (Å²) in [4.78, 5) is 26.9. The van der Waals surface area contributed by atoms with E-state index >= 15 is 0 Å². The number of benzene rings is 2. The number of carbonyl (C=O) groups is 2. The van der Waals surface area contributed by atoms with E-state index in [-0.39, 0.29) is 17.9 Å². The molecule has 1 heterocycles. The number of hydrogen-bond acceptors (Lipinski definition) is 2. The van der Waals surface area contributed by atoms with Crippen molar-refractivity contribution in [3.8, 4) is 12.3 Å². The summed E-state index contributed by atoms with van der Waals surface area (Å²) in [6.07, 6.45) is 6.96. The first kappa shape index (κ1) is 18.5. The van der Waals surface area contributed by atoms with Crippen LogP contribution in [0.4, 0.5) is 16.2 Å². The summed E-state index contributed by atoms with van der Waals surface area (Å²) in [6.45, 7) is 3.03. The highest BCUT2D eigenvalue weighted by Gasteiger charge is 2.28. The molecule has 138 valence electrons. The van der Waals surface area contributed by atoms with Crippen molar-refractivity contribution in [2.45, 2.75) is 19.8 Å². The van der Waals surface area contributed by atoms with E-state index in [9.17, 15) is 9.59 Å². The van der Waals surface area contributed by atoms with E-state index in [1.54, 1.807) is 11.0 Å². The SMILES string of the molecule is C#Cc1cccc(NC(=O)C2CCCN(C(=O)Nc3cccc(C)c3)C2)c1. The lowest BCUT2D eigenvalue weighted by Crippen LogP contribution is -2.45. The summed E-state index contributed by atoms with van der Waals surface area (Å²) in [5, 5.41) is 5.82. The van der Waals surface area contributed by atoms with Crippen LogP contribution in [0, 0.1) is 25.2 Å². The van der Waals surface area contributed by atoms with Crippen LogP contribution in [0.25, 0.3) is 0 Å². The third-order valence-electron chi connectivity index (χ3n) is 4.65. The molecule has 1 saturated heterocycles. The molecule has 2 N–H and O–H groups in total. The van der Waals surface area contributed by atoms with Gasteiger partial charge in [-0.2, -0.15) is 0 Å². The second kappa shape index (κ2) is 8.41. The van der Waals surface area contributed by atoms with Gasteiger partial charge in [0.15, 0.2) is 0 Å². The Morgan fingerprint density at radius 1 is 1.11 bits per heavy atom. The molecule has 27 heavy (non-hydrogen) atoms. The fraction of sp³-hybridized carbons (Fsp3) is 0.273. The predicted octanol–water partition coefficient (Wildman–Crippen LogP) is 3.86. The van der Waals surface area contributed by atoms with Crippen LogP contribution in [0.5, 0.6) is 0 Å². The second-order valence-electron chi connectivity index (χ2n) is 6.80. The first-order chi connectivity index (χ1) is 13.0. The zero-order valence-corrected chi connectivity index (χ0v) is 15.4. The molecular weight excluding hydrogens is 338 g/mol. The molecule has 3 rings (SSSR count). The van der Waals surface area contributed by atoms with E-state index in [0.717, 1.165) is 29.7 Å². The number of amides is 3. The lowest BCUT2D eigenvalue weighted by molar-refractivity contribution is -0.121. The maximum Gasteiger partial charge on any atom is 0.321 e. The molecule has 1 atom stereocenters. The number of likely N-dealkylation sites (tertiary alicyclic amines) is 1. The summed E-state index contributed by atoms with van der Waals surface area (Å²) < 4.78 is 0. The molecule has 2 aromatic rings. The fourth-order valence-corrected chi connectivity index (χ4v) is 3.23. The molecule has 1 aliphatic rings. The van der Waals surface area contributed by atoms with E-state index < -0.39 is 0 Å². The molecule has 5 nitrogen and oxygen atoms in total. The van der Waals surface area contributed by atoms with Gasteiger partial charge in [0.2, 0.25) is 5.91 Å². The van der Waals surface area contributed by atoms with Gasteiger partial charge in [0.05, 0.1) is 5.92 Å². The van der Waals surface area contributed by atoms with Crippen molar-refractivity contribution in [3.05, 3.63) is 59.7 Å². The predicted molar refractivity (Wildman–Crippen MR) is 108 cm³/mol. The summed E-state index contributed by atoms with van der Waals surface area (Å²) in [5.41, 5.74) is 3.24. The van der Waals surface area contributed by atoms with E-state index in [1.165, 1.54) is 0 Å². The average Bonchev–Trinajstić information content (AvgIpc) is 2.68. The largest absolute Gasteiger partial charge is 0.326 e. The van der Waals surface area contributed by atoms with Crippen molar-refractivity contribution < 1.29 is 9.59 Å². The second-order valence-corrected chi connectivity index (χ2v) is 6.80. The third-order valence-corrected chi connectivity index (χ3v) is 4.65. The molecule has 0 bridgehead atoms. The normalized spacial score (nSPS) is 16.3. The van der Waals surface area contributed by atoms with Gasteiger partial charge in [0, 0.05) is 30.0 Å². The van der Waals surface area contributed by atoms with Gasteiger partial charge in [-0.15, -0.1) is 6.42 Å². The van der Waals surface area contributed by atoms with Crippen molar-refractivity contribution in [2.24, 2.45) is 5.92 Å². The monoisotopic (exact) mass is 361 g/mol. The van der Waals surface area contributed by atoms with Gasteiger partial charge in [-0.1, -0.05) is 24.1 Å². The maximum atomic E-state index is 12.6. The Morgan fingerprint density at radius 2 is 1.85 bits per heavy atom. The molecular formula is C22H23N3O2. The molecule has 5 heteroatoms. The lowest BCUT2D eigenvalue weighted by atomic mass is 9.97. The van der Waals surface area contributed by atoms with Crippen molar-refractivity contribution in [2.75, 3.05) is 23.7 Å². The number of terminal acetylenes is 1. The number of nitrogens with zero attached hydrogens (tertiary/aromatic N) is 1. The number of anilines is 2. The quantitative estimate of drug-likeness (QED) is 0.816. The minimum atomic E-state index is -0.239. The number of nitrogens with one attached hydrogen (secondary N) is 2. The van der Waals surface area contributed by atoms with Crippen molar-refractivity contribution in [1.82, 2.24) is 4.90 Å². The molecule has 2 aromatic carbocycles. The number of rotatable bonds is 3. The summed E-state index contributed by atoms with van der Waals surface area (Å²) in [5.74, 6) is 2.23. The van der Waals surface area contributed by atoms with Crippen LogP contribution in [0.3, 0.4) is 0 Å². The number of carbonyl (C=O) groups excluding carboxylic acids is 2. The van der Waals surface area contributed by atoms with Crippen LogP contribution in [0.15, 0.2) is 48.5 Å². The lowest BCUT2D eigenvalue weighted by Gasteiger charge is -2.32. The molecule has 1 fully saturated rings. The van der Waals surface area contributed by atoms with Crippen molar-refractivity contribution in [1.29, 1.82) is 0 Å². The van der Waals surface area contributed by atoms with Crippen LogP contribution in [0.1, 0.15) is 24.0 Å². The smallest absolute Gasteiger partial charge is 0.321 e. The van der Waals surface area contributed by atoms with Crippen molar-refractivity contribution in [3.63, 3.8) is 0 Å². The Hall–Kier alpha value is -3.26. The Bertz CT molecular complexity index is 885. The van der Waals surface area contributed by atoms with Crippen LogP contribution >= 0.6 is 0 Å². The van der Waals surface area contributed by atoms with Gasteiger partial charge in [-0.3, -0.25) is 4.79 Å². The van der Waals surface area contributed by atoms with Gasteiger partial charge >= 0.3 is 6.03 Å².